The van der Waals surface area contributed by atoms with Crippen LogP contribution in [0, 0.1) is 0 Å². The van der Waals surface area contributed by atoms with Crippen LogP contribution in [0.15, 0.2) is 0 Å². The van der Waals surface area contributed by atoms with Gasteiger partial charge in [-0.3, -0.25) is 4.79 Å². The number of hydrogen-bond donors (Lipinski definition) is 2. The van der Waals surface area contributed by atoms with E-state index in [0.717, 1.165) is 6.54 Å². The lowest BCUT2D eigenvalue weighted by molar-refractivity contribution is -0.118. The number of hydrogen-bond acceptors (Lipinski definition) is 2. The van der Waals surface area contributed by atoms with Gasteiger partial charge < -0.3 is 11.1 Å². The first-order chi connectivity index (χ1) is 3.77. The molecule has 0 atom stereocenters. The van der Waals surface area contributed by atoms with Gasteiger partial charge in [-0.2, -0.15) is 0 Å². The minimum Gasteiger partial charge on any atom is -0.357 e. The van der Waals surface area contributed by atoms with Gasteiger partial charge in [0.2, 0.25) is 5.91 Å². The molecule has 0 aliphatic rings. The molecule has 0 fully saturated rings. The molecule has 0 aromatic carbocycles. The van der Waals surface area contributed by atoms with E-state index >= 15 is 0 Å². The highest BCUT2D eigenvalue weighted by atomic mass is 16.1. The topological polar surface area (TPSA) is 55.1 Å². The lowest BCUT2D eigenvalue weighted by atomic mass is 10.6. The Kier molecular flexibility index (Phi) is 12.6. The SMILES string of the molecule is CCNC(C)=O.CN. The first-order valence-electron chi connectivity index (χ1n) is 2.59. The van der Waals surface area contributed by atoms with Crippen molar-refractivity contribution >= 4 is 5.91 Å². The molecule has 1 amide bonds. The first kappa shape index (κ1) is 10.4. The predicted octanol–water partition coefficient (Wildman–Crippen LogP) is -0.283. The summed E-state index contributed by atoms with van der Waals surface area (Å²) >= 11 is 0. The highest BCUT2D eigenvalue weighted by Crippen LogP contribution is 1.54. The Bertz CT molecular complexity index is 54.4. The normalized spacial score (nSPS) is 6.50. The fourth-order valence-electron chi connectivity index (χ4n) is 0.249. The summed E-state index contributed by atoms with van der Waals surface area (Å²) in [5, 5.41) is 2.57. The van der Waals surface area contributed by atoms with Gasteiger partial charge in [-0.25, -0.2) is 0 Å². The Morgan fingerprint density at radius 2 is 2.00 bits per heavy atom. The lowest BCUT2D eigenvalue weighted by Gasteiger charge is -1.88. The Hall–Kier alpha value is -0.570. The van der Waals surface area contributed by atoms with E-state index in [2.05, 4.69) is 11.1 Å². The summed E-state index contributed by atoms with van der Waals surface area (Å²) in [4.78, 5) is 9.93. The molecule has 0 rings (SSSR count). The molecule has 0 heterocycles. The van der Waals surface area contributed by atoms with E-state index in [1.54, 1.807) is 0 Å². The van der Waals surface area contributed by atoms with E-state index in [1.807, 2.05) is 6.92 Å². The Balaban J connectivity index is 0. The zero-order valence-corrected chi connectivity index (χ0v) is 5.69. The van der Waals surface area contributed by atoms with Crippen LogP contribution in [0.2, 0.25) is 0 Å². The zero-order valence-electron chi connectivity index (χ0n) is 5.69. The third-order valence-corrected chi connectivity index (χ3v) is 0.426. The summed E-state index contributed by atoms with van der Waals surface area (Å²) in [6, 6.07) is 0. The molecule has 3 heteroatoms. The quantitative estimate of drug-likeness (QED) is 0.497. The summed E-state index contributed by atoms with van der Waals surface area (Å²) in [6.45, 7) is 4.13. The van der Waals surface area contributed by atoms with Crippen molar-refractivity contribution in [3.8, 4) is 0 Å². The van der Waals surface area contributed by atoms with Gasteiger partial charge in [-0.05, 0) is 14.0 Å². The Labute approximate surface area is 50.3 Å². The average molecular weight is 118 g/mol. The highest BCUT2D eigenvalue weighted by Gasteiger charge is 1.78. The molecule has 0 saturated heterocycles. The van der Waals surface area contributed by atoms with Crippen LogP contribution < -0.4 is 11.1 Å². The van der Waals surface area contributed by atoms with Crippen LogP contribution in [-0.4, -0.2) is 19.5 Å². The molecule has 0 aromatic rings. The van der Waals surface area contributed by atoms with E-state index in [-0.39, 0.29) is 5.91 Å². The van der Waals surface area contributed by atoms with Gasteiger partial charge >= 0.3 is 0 Å². The van der Waals surface area contributed by atoms with Crippen molar-refractivity contribution in [1.29, 1.82) is 0 Å². The van der Waals surface area contributed by atoms with Crippen molar-refractivity contribution < 1.29 is 4.79 Å². The maximum absolute atomic E-state index is 9.93. The van der Waals surface area contributed by atoms with E-state index in [1.165, 1.54) is 14.0 Å². The van der Waals surface area contributed by atoms with Crippen LogP contribution in [0.3, 0.4) is 0 Å². The standard InChI is InChI=1S/C4H9NO.CH5N/c1-3-5-4(2)6;1-2/h3H2,1-2H3,(H,5,6);2H2,1H3. The monoisotopic (exact) mass is 118 g/mol. The number of carbonyl (C=O) groups is 1. The molecule has 0 unspecified atom stereocenters. The van der Waals surface area contributed by atoms with Crippen molar-refractivity contribution in [2.24, 2.45) is 5.73 Å². The smallest absolute Gasteiger partial charge is 0.216 e. The summed E-state index contributed by atoms with van der Waals surface area (Å²) in [5.41, 5.74) is 4.50. The number of nitrogens with one attached hydrogen (secondary N) is 1. The minimum atomic E-state index is 0.0394. The fourth-order valence-corrected chi connectivity index (χ4v) is 0.249. The second kappa shape index (κ2) is 9.66. The average Bonchev–Trinajstić information content (AvgIpc) is 1.72. The summed E-state index contributed by atoms with van der Waals surface area (Å²) < 4.78 is 0. The highest BCUT2D eigenvalue weighted by molar-refractivity contribution is 5.72. The minimum absolute atomic E-state index is 0.0394. The van der Waals surface area contributed by atoms with Crippen molar-refractivity contribution in [2.75, 3.05) is 13.6 Å². The van der Waals surface area contributed by atoms with Crippen LogP contribution in [0.4, 0.5) is 0 Å². The van der Waals surface area contributed by atoms with Crippen LogP contribution in [0.1, 0.15) is 13.8 Å². The van der Waals surface area contributed by atoms with Gasteiger partial charge in [0.1, 0.15) is 0 Å². The van der Waals surface area contributed by atoms with E-state index in [0.29, 0.717) is 0 Å². The molecule has 0 spiro atoms. The number of carbonyl (C=O) groups excluding carboxylic acids is 1. The molecule has 0 radical (unpaired) electrons. The fraction of sp³-hybridized carbons (Fsp3) is 0.800. The molecule has 0 aromatic heterocycles. The molecular formula is C5H14N2O. The lowest BCUT2D eigenvalue weighted by Crippen LogP contribution is -2.18. The molecule has 0 saturated carbocycles. The second-order valence-electron chi connectivity index (χ2n) is 1.09. The van der Waals surface area contributed by atoms with Gasteiger partial charge in [-0.1, -0.05) is 0 Å². The molecule has 0 bridgehead atoms. The third kappa shape index (κ3) is 18.0. The Morgan fingerprint density at radius 3 is 2.00 bits per heavy atom. The Morgan fingerprint density at radius 1 is 1.62 bits per heavy atom. The molecule has 3 N–H and O–H groups in total. The zero-order chi connectivity index (χ0) is 6.99. The largest absolute Gasteiger partial charge is 0.357 e. The van der Waals surface area contributed by atoms with Gasteiger partial charge in [0.25, 0.3) is 0 Å². The van der Waals surface area contributed by atoms with Gasteiger partial charge in [0, 0.05) is 13.5 Å². The molecule has 8 heavy (non-hydrogen) atoms. The predicted molar refractivity (Wildman–Crippen MR) is 34.5 cm³/mol. The van der Waals surface area contributed by atoms with Crippen LogP contribution in [0.5, 0.6) is 0 Å². The molecule has 3 nitrogen and oxygen atoms in total. The number of amides is 1. The third-order valence-electron chi connectivity index (χ3n) is 0.426. The number of rotatable bonds is 1. The summed E-state index contributed by atoms with van der Waals surface area (Å²) in [7, 11) is 1.50. The maximum atomic E-state index is 9.93. The first-order valence-corrected chi connectivity index (χ1v) is 2.59. The molecule has 0 aliphatic carbocycles. The van der Waals surface area contributed by atoms with Crippen LogP contribution in [0.25, 0.3) is 0 Å². The maximum Gasteiger partial charge on any atom is 0.216 e. The molecule has 0 aliphatic heterocycles. The molecular weight excluding hydrogens is 104 g/mol. The van der Waals surface area contributed by atoms with Gasteiger partial charge in [-0.15, -0.1) is 0 Å². The molecule has 50 valence electrons. The number of nitrogens with two attached hydrogens (primary N) is 1. The van der Waals surface area contributed by atoms with Crippen LogP contribution in [-0.2, 0) is 4.79 Å². The van der Waals surface area contributed by atoms with Gasteiger partial charge in [0.15, 0.2) is 0 Å². The van der Waals surface area contributed by atoms with Crippen molar-refractivity contribution in [3.05, 3.63) is 0 Å². The van der Waals surface area contributed by atoms with Gasteiger partial charge in [0.05, 0.1) is 0 Å². The van der Waals surface area contributed by atoms with Crippen LogP contribution >= 0.6 is 0 Å². The van der Waals surface area contributed by atoms with Crippen molar-refractivity contribution in [3.63, 3.8) is 0 Å². The van der Waals surface area contributed by atoms with Crippen molar-refractivity contribution in [2.45, 2.75) is 13.8 Å². The summed E-state index contributed by atoms with van der Waals surface area (Å²) in [5.74, 6) is 0.0394. The van der Waals surface area contributed by atoms with E-state index in [4.69, 9.17) is 0 Å². The summed E-state index contributed by atoms with van der Waals surface area (Å²) in [6.07, 6.45) is 0. The second-order valence-corrected chi connectivity index (χ2v) is 1.09. The van der Waals surface area contributed by atoms with Crippen molar-refractivity contribution in [1.82, 2.24) is 5.32 Å². The van der Waals surface area contributed by atoms with E-state index in [9.17, 15) is 4.79 Å². The van der Waals surface area contributed by atoms with E-state index < -0.39 is 0 Å².